The van der Waals surface area contributed by atoms with E-state index in [2.05, 4.69) is 0 Å². The summed E-state index contributed by atoms with van der Waals surface area (Å²) in [7, 11) is 3.18. The minimum atomic E-state index is -0.0884. The first-order chi connectivity index (χ1) is 14.2. The van der Waals surface area contributed by atoms with Crippen molar-refractivity contribution in [3.63, 3.8) is 0 Å². The van der Waals surface area contributed by atoms with Gasteiger partial charge in [0.1, 0.15) is 5.01 Å². The van der Waals surface area contributed by atoms with Gasteiger partial charge in [-0.25, -0.2) is 4.98 Å². The Balaban J connectivity index is 1.91. The number of Topliss-reactive ketones (excluding diaryl/α,β-unsaturated/α-hetero) is 1. The van der Waals surface area contributed by atoms with Gasteiger partial charge in [0.2, 0.25) is 0 Å². The molecule has 0 radical (unpaired) electrons. The molecule has 144 valence electrons. The number of para-hydroxylation sites is 2. The summed E-state index contributed by atoms with van der Waals surface area (Å²) in [6, 6.07) is 22.7. The average Bonchev–Trinajstić information content (AvgIpc) is 3.21. The molecule has 0 N–H and O–H groups in total. The maximum Gasteiger partial charge on any atom is 0.196 e. The summed E-state index contributed by atoms with van der Waals surface area (Å²) in [5.74, 6) is 1.10. The third kappa shape index (κ3) is 3.77. The van der Waals surface area contributed by atoms with Crippen LogP contribution < -0.4 is 9.47 Å². The zero-order valence-corrected chi connectivity index (χ0v) is 16.9. The molecule has 0 aliphatic heterocycles. The topological polar surface area (TPSA) is 48.4 Å². The Bertz CT molecular complexity index is 1160. The lowest BCUT2D eigenvalue weighted by Gasteiger charge is -2.11. The van der Waals surface area contributed by atoms with Crippen molar-refractivity contribution in [2.24, 2.45) is 0 Å². The molecular formula is C24H19NO3S. The zero-order chi connectivity index (χ0) is 20.2. The summed E-state index contributed by atoms with van der Waals surface area (Å²) >= 11 is 1.50. The van der Waals surface area contributed by atoms with Crippen molar-refractivity contribution < 1.29 is 14.3 Å². The van der Waals surface area contributed by atoms with Crippen LogP contribution in [0, 0.1) is 0 Å². The monoisotopic (exact) mass is 401 g/mol. The second-order valence-corrected chi connectivity index (χ2v) is 7.35. The predicted octanol–water partition coefficient (Wildman–Crippen LogP) is 5.74. The smallest absolute Gasteiger partial charge is 0.196 e. The predicted molar refractivity (Wildman–Crippen MR) is 118 cm³/mol. The van der Waals surface area contributed by atoms with Crippen molar-refractivity contribution in [3.8, 4) is 11.5 Å². The highest BCUT2D eigenvalue weighted by molar-refractivity contribution is 7.20. The summed E-state index contributed by atoms with van der Waals surface area (Å²) in [6.45, 7) is 0. The summed E-state index contributed by atoms with van der Waals surface area (Å²) in [4.78, 5) is 18.1. The van der Waals surface area contributed by atoms with E-state index in [9.17, 15) is 4.79 Å². The van der Waals surface area contributed by atoms with Crippen LogP contribution in [0.1, 0.15) is 20.9 Å². The Kier molecular flexibility index (Phi) is 5.40. The fourth-order valence-corrected chi connectivity index (χ4v) is 4.12. The number of methoxy groups -OCH3 is 2. The van der Waals surface area contributed by atoms with Crippen LogP contribution in [0.4, 0.5) is 0 Å². The molecule has 1 heterocycles. The Hall–Kier alpha value is -3.44. The quantitative estimate of drug-likeness (QED) is 0.305. The van der Waals surface area contributed by atoms with Crippen molar-refractivity contribution in [2.45, 2.75) is 0 Å². The summed E-state index contributed by atoms with van der Waals surface area (Å²) < 4.78 is 12.0. The van der Waals surface area contributed by atoms with Gasteiger partial charge in [-0.1, -0.05) is 54.6 Å². The third-order valence-corrected chi connectivity index (χ3v) is 5.61. The molecule has 0 atom stereocenters. The van der Waals surface area contributed by atoms with Gasteiger partial charge in [-0.15, -0.1) is 11.3 Å². The number of carbonyl (C=O) groups excluding carboxylic acids is 1. The van der Waals surface area contributed by atoms with Gasteiger partial charge in [-0.3, -0.25) is 4.79 Å². The van der Waals surface area contributed by atoms with E-state index >= 15 is 0 Å². The highest BCUT2D eigenvalue weighted by Gasteiger charge is 2.20. The number of ketones is 1. The lowest BCUT2D eigenvalue weighted by Crippen LogP contribution is -2.03. The molecule has 4 rings (SSSR count). The molecule has 0 amide bonds. The van der Waals surface area contributed by atoms with Crippen molar-refractivity contribution in [1.82, 2.24) is 4.98 Å². The summed E-state index contributed by atoms with van der Waals surface area (Å²) in [5, 5.41) is 0.671. The number of hydrogen-bond donors (Lipinski definition) is 0. The van der Waals surface area contributed by atoms with Crippen LogP contribution in [0.5, 0.6) is 11.5 Å². The average molecular weight is 401 g/mol. The standard InChI is InChI=1S/C24H19NO3S/c1-27-20-13-8-11-17(23(20)28-2)15-18(22(26)16-9-4-3-5-10-16)24-25-19-12-6-7-14-21(19)29-24/h3-15H,1-2H3. The SMILES string of the molecule is COc1cccc(C=C(C(=O)c2ccccc2)c2nc3ccccc3s2)c1OC. The van der Waals surface area contributed by atoms with Crippen LogP contribution in [-0.2, 0) is 0 Å². The number of benzene rings is 3. The summed E-state index contributed by atoms with van der Waals surface area (Å²) in [5.41, 5.74) is 2.76. The molecule has 0 spiro atoms. The molecule has 0 aliphatic carbocycles. The number of ether oxygens (including phenoxy) is 2. The van der Waals surface area contributed by atoms with Gasteiger partial charge in [0.15, 0.2) is 17.3 Å². The molecular weight excluding hydrogens is 382 g/mol. The van der Waals surface area contributed by atoms with Gasteiger partial charge in [0.05, 0.1) is 30.0 Å². The number of nitrogens with zero attached hydrogens (tertiary/aromatic N) is 1. The molecule has 0 fully saturated rings. The van der Waals surface area contributed by atoms with Gasteiger partial charge in [-0.05, 0) is 24.3 Å². The number of thiazole rings is 1. The second-order valence-electron chi connectivity index (χ2n) is 6.32. The molecule has 1 aromatic heterocycles. The Morgan fingerprint density at radius 2 is 1.66 bits per heavy atom. The first-order valence-corrected chi connectivity index (χ1v) is 9.91. The van der Waals surface area contributed by atoms with Crippen LogP contribution in [-0.4, -0.2) is 25.0 Å². The van der Waals surface area contributed by atoms with Crippen molar-refractivity contribution in [2.75, 3.05) is 14.2 Å². The number of aromatic nitrogens is 1. The molecule has 29 heavy (non-hydrogen) atoms. The fraction of sp³-hybridized carbons (Fsp3) is 0.0833. The van der Waals surface area contributed by atoms with Crippen molar-refractivity contribution >= 4 is 39.0 Å². The number of allylic oxidation sites excluding steroid dienone is 1. The van der Waals surface area contributed by atoms with Crippen LogP contribution in [0.2, 0.25) is 0 Å². The molecule has 0 saturated heterocycles. The maximum absolute atomic E-state index is 13.4. The van der Waals surface area contributed by atoms with Crippen LogP contribution in [0.3, 0.4) is 0 Å². The normalized spacial score (nSPS) is 11.4. The maximum atomic E-state index is 13.4. The number of hydrogen-bond acceptors (Lipinski definition) is 5. The highest BCUT2D eigenvalue weighted by atomic mass is 32.1. The van der Waals surface area contributed by atoms with Gasteiger partial charge < -0.3 is 9.47 Å². The molecule has 0 aliphatic rings. The van der Waals surface area contributed by atoms with E-state index in [1.807, 2.05) is 78.9 Å². The van der Waals surface area contributed by atoms with E-state index in [1.165, 1.54) is 11.3 Å². The number of carbonyl (C=O) groups is 1. The van der Waals surface area contributed by atoms with Crippen LogP contribution in [0.15, 0.2) is 72.8 Å². The third-order valence-electron chi connectivity index (χ3n) is 4.54. The molecule has 0 saturated carbocycles. The zero-order valence-electron chi connectivity index (χ0n) is 16.1. The first kappa shape index (κ1) is 18.9. The largest absolute Gasteiger partial charge is 0.493 e. The van der Waals surface area contributed by atoms with Gasteiger partial charge in [0.25, 0.3) is 0 Å². The molecule has 0 unspecified atom stereocenters. The Morgan fingerprint density at radius 1 is 0.897 bits per heavy atom. The molecule has 0 bridgehead atoms. The lowest BCUT2D eigenvalue weighted by molar-refractivity contribution is 0.105. The van der Waals surface area contributed by atoms with Crippen LogP contribution >= 0.6 is 11.3 Å². The van der Waals surface area contributed by atoms with Gasteiger partial charge >= 0.3 is 0 Å². The van der Waals surface area contributed by atoms with E-state index in [-0.39, 0.29) is 5.78 Å². The van der Waals surface area contributed by atoms with E-state index in [1.54, 1.807) is 14.2 Å². The first-order valence-electron chi connectivity index (χ1n) is 9.09. The second kappa shape index (κ2) is 8.29. The van der Waals surface area contributed by atoms with Crippen molar-refractivity contribution in [1.29, 1.82) is 0 Å². The van der Waals surface area contributed by atoms with E-state index in [0.717, 1.165) is 15.8 Å². The number of fused-ring (bicyclic) bond motifs is 1. The fourth-order valence-electron chi connectivity index (χ4n) is 3.14. The Labute approximate surface area is 173 Å². The molecule has 5 heteroatoms. The molecule has 4 nitrogen and oxygen atoms in total. The molecule has 4 aromatic rings. The van der Waals surface area contributed by atoms with Crippen molar-refractivity contribution in [3.05, 3.63) is 88.9 Å². The molecule has 3 aromatic carbocycles. The van der Waals surface area contributed by atoms with E-state index in [0.29, 0.717) is 27.6 Å². The Morgan fingerprint density at radius 3 is 2.38 bits per heavy atom. The van der Waals surface area contributed by atoms with Gasteiger partial charge in [0, 0.05) is 11.1 Å². The minimum absolute atomic E-state index is 0.0884. The van der Waals surface area contributed by atoms with Gasteiger partial charge in [-0.2, -0.15) is 0 Å². The van der Waals surface area contributed by atoms with E-state index < -0.39 is 0 Å². The van der Waals surface area contributed by atoms with Crippen LogP contribution in [0.25, 0.3) is 21.9 Å². The highest BCUT2D eigenvalue weighted by Crippen LogP contribution is 2.36. The number of rotatable bonds is 6. The lowest BCUT2D eigenvalue weighted by atomic mass is 10.0. The minimum Gasteiger partial charge on any atom is -0.493 e. The van der Waals surface area contributed by atoms with E-state index in [4.69, 9.17) is 14.5 Å². The summed E-state index contributed by atoms with van der Waals surface area (Å²) in [6.07, 6.45) is 1.83.